The summed E-state index contributed by atoms with van der Waals surface area (Å²) in [4.78, 5) is 6.52. The molecule has 5 nitrogen and oxygen atoms in total. The van der Waals surface area contributed by atoms with Gasteiger partial charge >= 0.3 is 0 Å². The number of aromatic nitrogens is 3. The lowest BCUT2D eigenvalue weighted by atomic mass is 10.0. The van der Waals surface area contributed by atoms with E-state index in [1.807, 2.05) is 10.7 Å². The summed E-state index contributed by atoms with van der Waals surface area (Å²) in [6, 6.07) is 6.60. The van der Waals surface area contributed by atoms with Crippen LogP contribution in [0, 0.1) is 5.82 Å². The Morgan fingerprint density at radius 2 is 2.13 bits per heavy atom. The first kappa shape index (κ1) is 16.1. The van der Waals surface area contributed by atoms with Gasteiger partial charge < -0.3 is 5.11 Å². The molecule has 0 spiro atoms. The number of likely N-dealkylation sites (tertiary alicyclic amines) is 1. The topological polar surface area (TPSA) is 54.2 Å². The molecule has 0 radical (unpaired) electrons. The predicted octanol–water partition coefficient (Wildman–Crippen LogP) is 2.48. The Hall–Kier alpha value is -1.79. The second-order valence-electron chi connectivity index (χ2n) is 7.15. The van der Waals surface area contributed by atoms with Crippen LogP contribution in [0.5, 0.6) is 0 Å². The highest BCUT2D eigenvalue weighted by molar-refractivity contribution is 5.22. The number of hydrogen-bond acceptors (Lipinski definition) is 4. The lowest BCUT2D eigenvalue weighted by molar-refractivity contribution is 0.168. The average molecular weight is 318 g/mol. The van der Waals surface area contributed by atoms with Crippen LogP contribution >= 0.6 is 0 Å². The Bertz CT molecular complexity index is 679. The van der Waals surface area contributed by atoms with E-state index in [-0.39, 0.29) is 17.4 Å². The Morgan fingerprint density at radius 3 is 2.83 bits per heavy atom. The summed E-state index contributed by atoms with van der Waals surface area (Å²) in [7, 11) is 0. The fourth-order valence-electron chi connectivity index (χ4n) is 3.23. The molecule has 1 N–H and O–H groups in total. The second kappa shape index (κ2) is 6.02. The molecule has 1 saturated heterocycles. The maximum absolute atomic E-state index is 13.5. The fraction of sp³-hybridized carbons (Fsp3) is 0.529. The summed E-state index contributed by atoms with van der Waals surface area (Å²) in [5.41, 5.74) is 0.738. The summed E-state index contributed by atoms with van der Waals surface area (Å²) in [5, 5.41) is 14.4. The normalized spacial score (nSPS) is 22.7. The standard InChI is InChI=1S/C17H23FN4O/c1-17(2,3)22-16(19-11-20-22)10-21-9-14(23)8-15(21)12-5-4-6-13(18)7-12/h4-7,11,14-15,23H,8-10H2,1-3H3/t14-,15+/m1/s1. The maximum atomic E-state index is 13.5. The molecular weight excluding hydrogens is 295 g/mol. The van der Waals surface area contributed by atoms with Gasteiger partial charge in [0.2, 0.25) is 0 Å². The molecule has 124 valence electrons. The molecule has 0 aliphatic carbocycles. The zero-order valence-electron chi connectivity index (χ0n) is 13.8. The van der Waals surface area contributed by atoms with E-state index in [1.165, 1.54) is 6.07 Å². The van der Waals surface area contributed by atoms with Crippen LogP contribution in [0.3, 0.4) is 0 Å². The van der Waals surface area contributed by atoms with E-state index in [2.05, 4.69) is 35.8 Å². The quantitative estimate of drug-likeness (QED) is 0.944. The maximum Gasteiger partial charge on any atom is 0.141 e. The lowest BCUT2D eigenvalue weighted by Crippen LogP contribution is -2.31. The SMILES string of the molecule is CC(C)(C)n1ncnc1CN1C[C@H](O)C[C@H]1c1cccc(F)c1. The molecule has 3 rings (SSSR count). The van der Waals surface area contributed by atoms with Crippen molar-refractivity contribution in [2.24, 2.45) is 0 Å². The van der Waals surface area contributed by atoms with Gasteiger partial charge in [0.25, 0.3) is 0 Å². The third-order valence-electron chi connectivity index (χ3n) is 4.21. The van der Waals surface area contributed by atoms with Crippen LogP contribution in [-0.4, -0.2) is 37.4 Å². The number of aliphatic hydroxyl groups is 1. The van der Waals surface area contributed by atoms with Gasteiger partial charge in [-0.2, -0.15) is 5.10 Å². The molecule has 1 aliphatic heterocycles. The van der Waals surface area contributed by atoms with E-state index >= 15 is 0 Å². The molecule has 1 aromatic heterocycles. The van der Waals surface area contributed by atoms with Crippen LogP contribution in [0.2, 0.25) is 0 Å². The Balaban J connectivity index is 1.85. The van der Waals surface area contributed by atoms with Crippen LogP contribution in [0.15, 0.2) is 30.6 Å². The summed E-state index contributed by atoms with van der Waals surface area (Å²) in [6.07, 6.45) is 1.76. The van der Waals surface area contributed by atoms with E-state index < -0.39 is 6.10 Å². The largest absolute Gasteiger partial charge is 0.392 e. The van der Waals surface area contributed by atoms with Crippen LogP contribution < -0.4 is 0 Å². The van der Waals surface area contributed by atoms with Gasteiger partial charge in [-0.1, -0.05) is 12.1 Å². The highest BCUT2D eigenvalue weighted by atomic mass is 19.1. The minimum Gasteiger partial charge on any atom is -0.392 e. The number of benzene rings is 1. The van der Waals surface area contributed by atoms with Crippen molar-refractivity contribution in [2.75, 3.05) is 6.54 Å². The monoisotopic (exact) mass is 318 g/mol. The van der Waals surface area contributed by atoms with Crippen molar-refractivity contribution in [3.8, 4) is 0 Å². The predicted molar refractivity (Wildman–Crippen MR) is 85.2 cm³/mol. The Kier molecular flexibility index (Phi) is 4.21. The van der Waals surface area contributed by atoms with Gasteiger partial charge in [-0.15, -0.1) is 0 Å². The number of aliphatic hydroxyl groups excluding tert-OH is 1. The van der Waals surface area contributed by atoms with Crippen LogP contribution in [0.25, 0.3) is 0 Å². The molecule has 23 heavy (non-hydrogen) atoms. The second-order valence-corrected chi connectivity index (χ2v) is 7.15. The summed E-state index contributed by atoms with van der Waals surface area (Å²) in [5.74, 6) is 0.606. The van der Waals surface area contributed by atoms with Crippen molar-refractivity contribution in [3.63, 3.8) is 0 Å². The zero-order chi connectivity index (χ0) is 16.6. The van der Waals surface area contributed by atoms with Crippen molar-refractivity contribution in [2.45, 2.75) is 51.4 Å². The number of nitrogens with zero attached hydrogens (tertiary/aromatic N) is 4. The van der Waals surface area contributed by atoms with E-state index in [4.69, 9.17) is 0 Å². The molecule has 0 saturated carbocycles. The molecule has 2 heterocycles. The van der Waals surface area contributed by atoms with Gasteiger partial charge in [0.05, 0.1) is 18.2 Å². The molecule has 0 bridgehead atoms. The highest BCUT2D eigenvalue weighted by Gasteiger charge is 2.33. The molecular formula is C17H23FN4O. The summed E-state index contributed by atoms with van der Waals surface area (Å²) in [6.45, 7) is 7.36. The lowest BCUT2D eigenvalue weighted by Gasteiger charge is -2.27. The van der Waals surface area contributed by atoms with Crippen LogP contribution in [0.1, 0.15) is 44.6 Å². The first-order chi connectivity index (χ1) is 10.8. The third-order valence-corrected chi connectivity index (χ3v) is 4.21. The molecule has 0 amide bonds. The number of rotatable bonds is 3. The van der Waals surface area contributed by atoms with Crippen molar-refractivity contribution >= 4 is 0 Å². The first-order valence-electron chi connectivity index (χ1n) is 7.91. The van der Waals surface area contributed by atoms with E-state index in [1.54, 1.807) is 18.5 Å². The molecule has 0 unspecified atom stereocenters. The Morgan fingerprint density at radius 1 is 1.35 bits per heavy atom. The fourth-order valence-corrected chi connectivity index (χ4v) is 3.23. The number of halogens is 1. The van der Waals surface area contributed by atoms with Crippen LogP contribution in [0.4, 0.5) is 4.39 Å². The number of β-amino-alcohol motifs (C(OH)–C–C–N with tert-alkyl or cyclic N) is 1. The zero-order valence-corrected chi connectivity index (χ0v) is 13.8. The van der Waals surface area contributed by atoms with Crippen molar-refractivity contribution < 1.29 is 9.50 Å². The van der Waals surface area contributed by atoms with Gasteiger partial charge in [-0.3, -0.25) is 4.90 Å². The third kappa shape index (κ3) is 3.43. The highest BCUT2D eigenvalue weighted by Crippen LogP contribution is 2.33. The van der Waals surface area contributed by atoms with Crippen LogP contribution in [-0.2, 0) is 12.1 Å². The van der Waals surface area contributed by atoms with E-state index in [0.717, 1.165) is 11.4 Å². The van der Waals surface area contributed by atoms with Crippen molar-refractivity contribution in [1.82, 2.24) is 19.7 Å². The minimum atomic E-state index is -0.408. The van der Waals surface area contributed by atoms with Gasteiger partial charge in [0.15, 0.2) is 0 Å². The van der Waals surface area contributed by atoms with Crippen molar-refractivity contribution in [1.29, 1.82) is 0 Å². The molecule has 1 aromatic carbocycles. The molecule has 2 aromatic rings. The van der Waals surface area contributed by atoms with E-state index in [0.29, 0.717) is 19.5 Å². The summed E-state index contributed by atoms with van der Waals surface area (Å²) < 4.78 is 15.4. The van der Waals surface area contributed by atoms with Gasteiger partial charge in [-0.25, -0.2) is 14.1 Å². The van der Waals surface area contributed by atoms with Crippen molar-refractivity contribution in [3.05, 3.63) is 47.8 Å². The average Bonchev–Trinajstić information content (AvgIpc) is 3.05. The smallest absolute Gasteiger partial charge is 0.141 e. The van der Waals surface area contributed by atoms with Gasteiger partial charge in [-0.05, 0) is 44.9 Å². The first-order valence-corrected chi connectivity index (χ1v) is 7.91. The molecule has 1 fully saturated rings. The van der Waals surface area contributed by atoms with Gasteiger partial charge in [0.1, 0.15) is 18.0 Å². The molecule has 2 atom stereocenters. The molecule has 1 aliphatic rings. The van der Waals surface area contributed by atoms with Gasteiger partial charge in [0, 0.05) is 12.6 Å². The Labute approximate surface area is 135 Å². The minimum absolute atomic E-state index is 0.00850. The summed E-state index contributed by atoms with van der Waals surface area (Å²) >= 11 is 0. The molecule has 6 heteroatoms. The van der Waals surface area contributed by atoms with E-state index in [9.17, 15) is 9.50 Å². The number of hydrogen-bond donors (Lipinski definition) is 1.